The van der Waals surface area contributed by atoms with Crippen LogP contribution in [0, 0.1) is 0 Å². The molecule has 0 saturated heterocycles. The Hall–Kier alpha value is -2.30. The minimum atomic E-state index is -4.07. The van der Waals surface area contributed by atoms with E-state index in [4.69, 9.17) is 13.6 Å². The van der Waals surface area contributed by atoms with Crippen molar-refractivity contribution in [1.82, 2.24) is 0 Å². The van der Waals surface area contributed by atoms with Gasteiger partial charge in [-0.1, -0.05) is 36.4 Å². The van der Waals surface area contributed by atoms with Crippen molar-refractivity contribution in [2.24, 2.45) is 0 Å². The predicted molar refractivity (Wildman–Crippen MR) is 81.9 cm³/mol. The number of carbonyl (C=O) groups is 1. The molecule has 1 atom stereocenters. The van der Waals surface area contributed by atoms with E-state index in [2.05, 4.69) is 0 Å². The number of para-hydroxylation sites is 2. The normalized spacial score (nSPS) is 12.4. The maximum absolute atomic E-state index is 12.9. The van der Waals surface area contributed by atoms with Gasteiger partial charge in [0.05, 0.1) is 6.10 Å². The maximum Gasteiger partial charge on any atom is 0.587 e. The Bertz CT molecular complexity index is 628. The van der Waals surface area contributed by atoms with Crippen LogP contribution >= 0.6 is 7.82 Å². The molecule has 0 aliphatic carbocycles. The topological polar surface area (TPSA) is 84.9 Å². The summed E-state index contributed by atoms with van der Waals surface area (Å²) in [5.74, 6) is -0.747. The highest BCUT2D eigenvalue weighted by Crippen LogP contribution is 2.50. The van der Waals surface area contributed by atoms with Crippen LogP contribution in [0.25, 0.3) is 0 Å². The van der Waals surface area contributed by atoms with Gasteiger partial charge in [-0.2, -0.15) is 0 Å². The van der Waals surface area contributed by atoms with Gasteiger partial charge in [0.25, 0.3) is 0 Å². The molecule has 0 fully saturated rings. The van der Waals surface area contributed by atoms with Crippen molar-refractivity contribution in [2.75, 3.05) is 0 Å². The highest BCUT2D eigenvalue weighted by Gasteiger charge is 2.33. The molecule has 0 bridgehead atoms. The fourth-order valence-electron chi connectivity index (χ4n) is 1.77. The number of hydrogen-bond acceptors (Lipinski definition) is 6. The number of phosphoric ester groups is 1. The molecule has 23 heavy (non-hydrogen) atoms. The van der Waals surface area contributed by atoms with Crippen LogP contribution in [0.3, 0.4) is 0 Å². The van der Waals surface area contributed by atoms with Gasteiger partial charge < -0.3 is 18.9 Å². The van der Waals surface area contributed by atoms with Crippen LogP contribution in [-0.2, 0) is 13.9 Å². The predicted octanol–water partition coefficient (Wildman–Crippen LogP) is 2.80. The van der Waals surface area contributed by atoms with Gasteiger partial charge in [0, 0.05) is 12.4 Å². The second-order valence-corrected chi connectivity index (χ2v) is 6.22. The number of carboxylic acid groups (broad SMARTS) is 1. The first-order valence-electron chi connectivity index (χ1n) is 6.94. The Morgan fingerprint density at radius 2 is 1.43 bits per heavy atom. The highest BCUT2D eigenvalue weighted by molar-refractivity contribution is 7.49. The Balaban J connectivity index is 2.19. The molecule has 0 aliphatic heterocycles. The molecule has 0 spiro atoms. The lowest BCUT2D eigenvalue weighted by molar-refractivity contribution is -0.307. The lowest BCUT2D eigenvalue weighted by Crippen LogP contribution is -2.27. The second-order valence-electron chi connectivity index (χ2n) is 4.75. The number of phosphoric acid groups is 1. The molecule has 122 valence electrons. The molecule has 0 aliphatic rings. The third kappa shape index (κ3) is 5.77. The maximum atomic E-state index is 12.9. The first kappa shape index (κ1) is 17.1. The fourth-order valence-corrected chi connectivity index (χ4v) is 3.17. The van der Waals surface area contributed by atoms with E-state index >= 15 is 0 Å². The Kier molecular flexibility index (Phi) is 5.79. The number of carboxylic acids is 1. The third-order valence-electron chi connectivity index (χ3n) is 2.68. The van der Waals surface area contributed by atoms with Crippen molar-refractivity contribution >= 4 is 13.8 Å². The largest absolute Gasteiger partial charge is 0.587 e. The summed E-state index contributed by atoms with van der Waals surface area (Å²) >= 11 is 0. The molecule has 2 rings (SSSR count). The molecule has 0 N–H and O–H groups in total. The van der Waals surface area contributed by atoms with Crippen molar-refractivity contribution in [3.63, 3.8) is 0 Å². The van der Waals surface area contributed by atoms with E-state index in [1.54, 1.807) is 60.7 Å². The molecule has 7 heteroatoms. The molecule has 0 saturated carbocycles. The van der Waals surface area contributed by atoms with E-state index < -0.39 is 26.3 Å². The Morgan fingerprint density at radius 1 is 1.00 bits per heavy atom. The molecule has 0 amide bonds. The van der Waals surface area contributed by atoms with E-state index in [0.29, 0.717) is 0 Å². The summed E-state index contributed by atoms with van der Waals surface area (Å²) in [6.07, 6.45) is -1.33. The van der Waals surface area contributed by atoms with Crippen molar-refractivity contribution in [2.45, 2.75) is 19.4 Å². The zero-order valence-electron chi connectivity index (χ0n) is 12.5. The number of rotatable bonds is 8. The highest BCUT2D eigenvalue weighted by atomic mass is 31.2. The van der Waals surface area contributed by atoms with Gasteiger partial charge in [0.15, 0.2) is 0 Å². The summed E-state index contributed by atoms with van der Waals surface area (Å²) in [5, 5.41) is 10.6. The molecule has 2 aromatic carbocycles. The van der Waals surface area contributed by atoms with Crippen molar-refractivity contribution in [3.8, 4) is 11.5 Å². The number of aliphatic carboxylic acids is 1. The number of hydrogen-bond donors (Lipinski definition) is 0. The molecule has 0 heterocycles. The molecular formula is C16H16O6P-. The monoisotopic (exact) mass is 335 g/mol. The Morgan fingerprint density at radius 3 is 1.83 bits per heavy atom. The average Bonchev–Trinajstić information content (AvgIpc) is 2.47. The van der Waals surface area contributed by atoms with Gasteiger partial charge in [0.2, 0.25) is 0 Å². The number of carbonyl (C=O) groups excluding carboxylic acids is 1. The quantitative estimate of drug-likeness (QED) is 0.690. The fraction of sp³-hybridized carbons (Fsp3) is 0.188. The number of benzene rings is 2. The standard InChI is InChI=1S/C16H17O6P/c1-13(12-16(17)18)20-23(19,21-14-8-4-2-5-9-14)22-15-10-6-3-7-11-15/h2-11,13H,12H2,1H3,(H,17,18)/p-1. The minimum Gasteiger partial charge on any atom is -0.550 e. The SMILES string of the molecule is CC(CC(=O)[O-])OP(=O)(Oc1ccccc1)Oc1ccccc1. The first-order chi connectivity index (χ1) is 11.0. The summed E-state index contributed by atoms with van der Waals surface area (Å²) in [6.45, 7) is 1.45. The molecule has 0 aromatic heterocycles. The zero-order chi connectivity index (χ0) is 16.7. The summed E-state index contributed by atoms with van der Waals surface area (Å²) in [5.41, 5.74) is 0. The lowest BCUT2D eigenvalue weighted by atomic mass is 10.3. The van der Waals surface area contributed by atoms with Crippen LogP contribution in [0.5, 0.6) is 11.5 Å². The van der Waals surface area contributed by atoms with Gasteiger partial charge in [-0.25, -0.2) is 4.57 Å². The van der Waals surface area contributed by atoms with E-state index in [9.17, 15) is 14.5 Å². The third-order valence-corrected chi connectivity index (χ3v) is 4.17. The molecule has 1 unspecified atom stereocenters. The smallest absolute Gasteiger partial charge is 0.550 e. The van der Waals surface area contributed by atoms with Crippen molar-refractivity contribution < 1.29 is 28.0 Å². The van der Waals surface area contributed by atoms with Crippen LogP contribution in [0.4, 0.5) is 0 Å². The van der Waals surface area contributed by atoms with Gasteiger partial charge in [-0.3, -0.25) is 4.52 Å². The Labute approximate surface area is 134 Å². The van der Waals surface area contributed by atoms with Gasteiger partial charge >= 0.3 is 7.82 Å². The molecule has 0 radical (unpaired) electrons. The summed E-state index contributed by atoms with van der Waals surface area (Å²) in [7, 11) is -4.07. The van der Waals surface area contributed by atoms with E-state index in [1.165, 1.54) is 6.92 Å². The minimum absolute atomic E-state index is 0.285. The summed E-state index contributed by atoms with van der Waals surface area (Å²) < 4.78 is 28.8. The average molecular weight is 335 g/mol. The molecular weight excluding hydrogens is 319 g/mol. The second kappa shape index (κ2) is 7.81. The van der Waals surface area contributed by atoms with Gasteiger partial charge in [0.1, 0.15) is 11.5 Å². The van der Waals surface area contributed by atoms with Crippen molar-refractivity contribution in [1.29, 1.82) is 0 Å². The van der Waals surface area contributed by atoms with E-state index in [1.807, 2.05) is 0 Å². The lowest BCUT2D eigenvalue weighted by Gasteiger charge is -2.22. The summed E-state index contributed by atoms with van der Waals surface area (Å²) in [6, 6.07) is 16.7. The van der Waals surface area contributed by atoms with Crippen LogP contribution in [-0.4, -0.2) is 12.1 Å². The zero-order valence-corrected chi connectivity index (χ0v) is 13.3. The molecule has 6 nitrogen and oxygen atoms in total. The first-order valence-corrected chi connectivity index (χ1v) is 8.40. The van der Waals surface area contributed by atoms with E-state index in [-0.39, 0.29) is 11.5 Å². The molecule has 2 aromatic rings. The van der Waals surface area contributed by atoms with Crippen molar-refractivity contribution in [3.05, 3.63) is 60.7 Å². The van der Waals surface area contributed by atoms with Gasteiger partial charge in [-0.05, 0) is 31.2 Å². The van der Waals surface area contributed by atoms with E-state index in [0.717, 1.165) is 0 Å². The van der Waals surface area contributed by atoms with Gasteiger partial charge in [-0.15, -0.1) is 0 Å². The van der Waals surface area contributed by atoms with Crippen LogP contribution in [0.1, 0.15) is 13.3 Å². The van der Waals surface area contributed by atoms with Crippen LogP contribution < -0.4 is 14.2 Å². The van der Waals surface area contributed by atoms with Crippen LogP contribution in [0.2, 0.25) is 0 Å². The van der Waals surface area contributed by atoms with Crippen LogP contribution in [0.15, 0.2) is 60.7 Å². The summed E-state index contributed by atoms with van der Waals surface area (Å²) in [4.78, 5) is 10.6.